The smallest absolute Gasteiger partial charge is 0.0274 e. The molecule has 44 valence electrons. The average molecular weight is 239 g/mol. The number of thiophene rings is 1. The van der Waals surface area contributed by atoms with Crippen molar-refractivity contribution in [3.8, 4) is 0 Å². The molecule has 2 N–H and O–H groups in total. The average Bonchev–Trinajstić information content (AvgIpc) is 2.14. The Bertz CT molecular complexity index is 173. The molecule has 1 aromatic rings. The first kappa shape index (κ1) is 6.51. The molecule has 1 heterocycles. The molecule has 0 spiro atoms. The van der Waals surface area contributed by atoms with E-state index in [1.54, 1.807) is 11.3 Å². The van der Waals surface area contributed by atoms with E-state index >= 15 is 0 Å². The maximum absolute atomic E-state index is 5.37. The summed E-state index contributed by atoms with van der Waals surface area (Å²) < 4.78 is 1.29. The van der Waals surface area contributed by atoms with Crippen LogP contribution in [-0.2, 0) is 6.54 Å². The van der Waals surface area contributed by atoms with Crippen molar-refractivity contribution in [2.45, 2.75) is 6.54 Å². The van der Waals surface area contributed by atoms with Gasteiger partial charge in [0.25, 0.3) is 0 Å². The highest BCUT2D eigenvalue weighted by atomic mass is 127. The normalized spacial score (nSPS) is 9.75. The molecular formula is C5H6INS. The molecule has 0 saturated carbocycles. The molecule has 0 bridgehead atoms. The second-order valence-electron chi connectivity index (χ2n) is 1.44. The van der Waals surface area contributed by atoms with Gasteiger partial charge in [0, 0.05) is 20.4 Å². The van der Waals surface area contributed by atoms with Gasteiger partial charge in [0.1, 0.15) is 0 Å². The molecule has 0 atom stereocenters. The molecule has 0 aliphatic carbocycles. The Labute approximate surface area is 66.0 Å². The van der Waals surface area contributed by atoms with Crippen LogP contribution in [0.15, 0.2) is 11.4 Å². The van der Waals surface area contributed by atoms with E-state index in [2.05, 4.69) is 34.0 Å². The van der Waals surface area contributed by atoms with Crippen LogP contribution in [-0.4, -0.2) is 0 Å². The summed E-state index contributed by atoms with van der Waals surface area (Å²) in [6, 6.07) is 2.10. The van der Waals surface area contributed by atoms with Gasteiger partial charge >= 0.3 is 0 Å². The summed E-state index contributed by atoms with van der Waals surface area (Å²) in [5, 5.41) is 2.10. The quantitative estimate of drug-likeness (QED) is 0.743. The van der Waals surface area contributed by atoms with Gasteiger partial charge in [0.15, 0.2) is 0 Å². The minimum atomic E-state index is 0.674. The molecule has 1 rings (SSSR count). The first-order chi connectivity index (χ1) is 3.83. The Morgan fingerprint density at radius 3 is 2.75 bits per heavy atom. The van der Waals surface area contributed by atoms with Crippen LogP contribution in [0.4, 0.5) is 0 Å². The van der Waals surface area contributed by atoms with Gasteiger partial charge in [-0.05, 0) is 28.7 Å². The SMILES string of the molecule is NCc1cc(I)cs1. The fourth-order valence-electron chi connectivity index (χ4n) is 0.461. The van der Waals surface area contributed by atoms with Crippen molar-refractivity contribution >= 4 is 33.9 Å². The van der Waals surface area contributed by atoms with Crippen molar-refractivity contribution in [3.63, 3.8) is 0 Å². The van der Waals surface area contributed by atoms with Crippen molar-refractivity contribution in [3.05, 3.63) is 19.9 Å². The predicted octanol–water partition coefficient (Wildman–Crippen LogP) is 1.81. The topological polar surface area (TPSA) is 26.0 Å². The number of hydrogen-bond acceptors (Lipinski definition) is 2. The predicted molar refractivity (Wildman–Crippen MR) is 44.9 cm³/mol. The van der Waals surface area contributed by atoms with E-state index < -0.39 is 0 Å². The van der Waals surface area contributed by atoms with Crippen LogP contribution in [0.25, 0.3) is 0 Å². The highest BCUT2D eigenvalue weighted by molar-refractivity contribution is 14.1. The summed E-state index contributed by atoms with van der Waals surface area (Å²) in [5.41, 5.74) is 5.37. The summed E-state index contributed by atoms with van der Waals surface area (Å²) in [6.45, 7) is 0.674. The van der Waals surface area contributed by atoms with Crippen LogP contribution in [0, 0.1) is 3.57 Å². The third-order valence-corrected chi connectivity index (χ3v) is 2.83. The highest BCUT2D eigenvalue weighted by Gasteiger charge is 1.91. The van der Waals surface area contributed by atoms with E-state index in [1.807, 2.05) is 0 Å². The molecule has 0 unspecified atom stereocenters. The van der Waals surface area contributed by atoms with Gasteiger partial charge in [-0.15, -0.1) is 11.3 Å². The van der Waals surface area contributed by atoms with Crippen LogP contribution in [0.2, 0.25) is 0 Å². The number of nitrogens with two attached hydrogens (primary N) is 1. The summed E-state index contributed by atoms with van der Waals surface area (Å²) in [7, 11) is 0. The standard InChI is InChI=1S/C5H6INS/c6-4-1-5(2-7)8-3-4/h1,3H,2,7H2. The maximum Gasteiger partial charge on any atom is 0.0274 e. The molecule has 1 nitrogen and oxygen atoms in total. The lowest BCUT2D eigenvalue weighted by Crippen LogP contribution is -1.91. The van der Waals surface area contributed by atoms with E-state index in [4.69, 9.17) is 5.73 Å². The van der Waals surface area contributed by atoms with Crippen molar-refractivity contribution in [2.75, 3.05) is 0 Å². The van der Waals surface area contributed by atoms with Gasteiger partial charge in [-0.1, -0.05) is 0 Å². The zero-order valence-electron chi connectivity index (χ0n) is 4.23. The van der Waals surface area contributed by atoms with Crippen molar-refractivity contribution < 1.29 is 0 Å². The van der Waals surface area contributed by atoms with E-state index in [1.165, 1.54) is 8.45 Å². The Morgan fingerprint density at radius 1 is 1.75 bits per heavy atom. The lowest BCUT2D eigenvalue weighted by Gasteiger charge is -1.80. The van der Waals surface area contributed by atoms with Gasteiger partial charge in [-0.3, -0.25) is 0 Å². The molecule has 3 heteroatoms. The third-order valence-electron chi connectivity index (χ3n) is 0.823. The molecule has 0 fully saturated rings. The van der Waals surface area contributed by atoms with Crippen LogP contribution >= 0.6 is 33.9 Å². The zero-order valence-corrected chi connectivity index (χ0v) is 7.20. The first-order valence-electron chi connectivity index (χ1n) is 2.26. The molecule has 0 aliphatic rings. The van der Waals surface area contributed by atoms with E-state index in [9.17, 15) is 0 Å². The fourth-order valence-corrected chi connectivity index (χ4v) is 2.05. The lowest BCUT2D eigenvalue weighted by molar-refractivity contribution is 1.11. The van der Waals surface area contributed by atoms with Crippen LogP contribution < -0.4 is 5.73 Å². The van der Waals surface area contributed by atoms with Crippen LogP contribution in [0.1, 0.15) is 4.88 Å². The summed E-state index contributed by atoms with van der Waals surface area (Å²) in [5.74, 6) is 0. The minimum absolute atomic E-state index is 0.674. The second kappa shape index (κ2) is 2.80. The van der Waals surface area contributed by atoms with Crippen molar-refractivity contribution in [1.29, 1.82) is 0 Å². The van der Waals surface area contributed by atoms with E-state index in [0.717, 1.165) is 0 Å². The Balaban J connectivity index is 2.84. The monoisotopic (exact) mass is 239 g/mol. The molecule has 0 aliphatic heterocycles. The molecular weight excluding hydrogens is 233 g/mol. The van der Waals surface area contributed by atoms with Gasteiger partial charge in [-0.2, -0.15) is 0 Å². The molecule has 0 amide bonds. The molecule has 0 radical (unpaired) electrons. The third kappa shape index (κ3) is 1.43. The Hall–Kier alpha value is 0.390. The minimum Gasteiger partial charge on any atom is -0.326 e. The lowest BCUT2D eigenvalue weighted by atomic mass is 10.5. The van der Waals surface area contributed by atoms with Gasteiger partial charge < -0.3 is 5.73 Å². The fraction of sp³-hybridized carbons (Fsp3) is 0.200. The Morgan fingerprint density at radius 2 is 2.50 bits per heavy atom. The van der Waals surface area contributed by atoms with Crippen molar-refractivity contribution in [2.24, 2.45) is 5.73 Å². The molecule has 0 saturated heterocycles. The summed E-state index contributed by atoms with van der Waals surface area (Å²) >= 11 is 4.00. The molecule has 1 aromatic heterocycles. The molecule has 0 aromatic carbocycles. The van der Waals surface area contributed by atoms with Gasteiger partial charge in [0.2, 0.25) is 0 Å². The Kier molecular flexibility index (Phi) is 2.27. The van der Waals surface area contributed by atoms with Crippen LogP contribution in [0.5, 0.6) is 0 Å². The first-order valence-corrected chi connectivity index (χ1v) is 4.22. The summed E-state index contributed by atoms with van der Waals surface area (Å²) in [4.78, 5) is 1.26. The zero-order chi connectivity index (χ0) is 5.98. The highest BCUT2D eigenvalue weighted by Crippen LogP contribution is 2.14. The molecule has 8 heavy (non-hydrogen) atoms. The number of halogens is 1. The second-order valence-corrected chi connectivity index (χ2v) is 3.68. The van der Waals surface area contributed by atoms with E-state index in [-0.39, 0.29) is 0 Å². The van der Waals surface area contributed by atoms with Gasteiger partial charge in [0.05, 0.1) is 0 Å². The van der Waals surface area contributed by atoms with E-state index in [0.29, 0.717) is 6.54 Å². The maximum atomic E-state index is 5.37. The van der Waals surface area contributed by atoms with Gasteiger partial charge in [-0.25, -0.2) is 0 Å². The summed E-state index contributed by atoms with van der Waals surface area (Å²) in [6.07, 6.45) is 0. The largest absolute Gasteiger partial charge is 0.326 e. The number of hydrogen-bond donors (Lipinski definition) is 1. The van der Waals surface area contributed by atoms with Crippen LogP contribution in [0.3, 0.4) is 0 Å². The van der Waals surface area contributed by atoms with Crippen molar-refractivity contribution in [1.82, 2.24) is 0 Å². The number of rotatable bonds is 1.